The molecule has 0 spiro atoms. The molecule has 1 atom stereocenters. The van der Waals surface area contributed by atoms with Crippen LogP contribution in [0.4, 0.5) is 0 Å². The fourth-order valence-corrected chi connectivity index (χ4v) is 1.24. The van der Waals surface area contributed by atoms with Crippen LogP contribution in [0.15, 0.2) is 43.0 Å². The number of carbonyl (C=O) groups is 2. The number of hydrogen-bond acceptors (Lipinski definition) is 2. The molecule has 0 heterocycles. The SMILES string of the molecule is C=CC(C(C)=O)C(=O)c1ccccc1. The zero-order valence-electron chi connectivity index (χ0n) is 8.07. The zero-order valence-corrected chi connectivity index (χ0v) is 8.07. The second-order valence-electron chi connectivity index (χ2n) is 3.05. The van der Waals surface area contributed by atoms with Gasteiger partial charge in [-0.2, -0.15) is 0 Å². The van der Waals surface area contributed by atoms with Crippen LogP contribution in [-0.2, 0) is 4.79 Å². The van der Waals surface area contributed by atoms with Crippen LogP contribution in [0.3, 0.4) is 0 Å². The summed E-state index contributed by atoms with van der Waals surface area (Å²) in [5, 5.41) is 0. The zero-order chi connectivity index (χ0) is 10.6. The molecular formula is C12H12O2. The Kier molecular flexibility index (Phi) is 3.35. The van der Waals surface area contributed by atoms with E-state index in [1.165, 1.54) is 13.0 Å². The number of carbonyl (C=O) groups excluding carboxylic acids is 2. The van der Waals surface area contributed by atoms with Crippen molar-refractivity contribution in [1.82, 2.24) is 0 Å². The molecule has 0 saturated heterocycles. The first-order valence-electron chi connectivity index (χ1n) is 4.39. The first-order chi connectivity index (χ1) is 6.66. The van der Waals surface area contributed by atoms with E-state index < -0.39 is 5.92 Å². The number of rotatable bonds is 4. The van der Waals surface area contributed by atoms with Crippen LogP contribution in [0.2, 0.25) is 0 Å². The average molecular weight is 188 g/mol. The molecule has 1 unspecified atom stereocenters. The van der Waals surface area contributed by atoms with Gasteiger partial charge in [-0.05, 0) is 6.92 Å². The fraction of sp³-hybridized carbons (Fsp3) is 0.167. The minimum atomic E-state index is -0.711. The highest BCUT2D eigenvalue weighted by Gasteiger charge is 2.20. The maximum atomic E-state index is 11.7. The van der Waals surface area contributed by atoms with Crippen molar-refractivity contribution < 1.29 is 9.59 Å². The Morgan fingerprint density at radius 3 is 2.29 bits per heavy atom. The molecule has 1 aromatic rings. The Morgan fingerprint density at radius 2 is 1.86 bits per heavy atom. The smallest absolute Gasteiger partial charge is 0.177 e. The maximum absolute atomic E-state index is 11.7. The van der Waals surface area contributed by atoms with Crippen molar-refractivity contribution in [3.05, 3.63) is 48.6 Å². The van der Waals surface area contributed by atoms with Gasteiger partial charge in [-0.1, -0.05) is 36.4 Å². The van der Waals surface area contributed by atoms with E-state index in [-0.39, 0.29) is 11.6 Å². The number of ketones is 2. The van der Waals surface area contributed by atoms with Gasteiger partial charge in [0.2, 0.25) is 0 Å². The molecule has 0 aliphatic rings. The third kappa shape index (κ3) is 2.16. The van der Waals surface area contributed by atoms with Gasteiger partial charge in [-0.3, -0.25) is 9.59 Å². The van der Waals surface area contributed by atoms with Gasteiger partial charge in [-0.25, -0.2) is 0 Å². The van der Waals surface area contributed by atoms with Crippen LogP contribution in [0.25, 0.3) is 0 Å². The Hall–Kier alpha value is -1.70. The fourth-order valence-electron chi connectivity index (χ4n) is 1.24. The van der Waals surface area contributed by atoms with Crippen molar-refractivity contribution in [3.63, 3.8) is 0 Å². The number of allylic oxidation sites excluding steroid dienone is 1. The monoisotopic (exact) mass is 188 g/mol. The summed E-state index contributed by atoms with van der Waals surface area (Å²) in [6.45, 7) is 4.88. The predicted octanol–water partition coefficient (Wildman–Crippen LogP) is 2.26. The normalized spacial score (nSPS) is 11.8. The summed E-state index contributed by atoms with van der Waals surface area (Å²) < 4.78 is 0. The molecule has 0 aliphatic carbocycles. The molecule has 0 N–H and O–H groups in total. The molecule has 14 heavy (non-hydrogen) atoms. The second-order valence-corrected chi connectivity index (χ2v) is 3.05. The van der Waals surface area contributed by atoms with Crippen LogP contribution < -0.4 is 0 Å². The van der Waals surface area contributed by atoms with Crippen LogP contribution in [0.5, 0.6) is 0 Å². The van der Waals surface area contributed by atoms with Gasteiger partial charge in [0.1, 0.15) is 5.78 Å². The van der Waals surface area contributed by atoms with Crippen molar-refractivity contribution in [2.24, 2.45) is 5.92 Å². The van der Waals surface area contributed by atoms with Crippen molar-refractivity contribution in [2.75, 3.05) is 0 Å². The van der Waals surface area contributed by atoms with E-state index in [1.54, 1.807) is 24.3 Å². The van der Waals surface area contributed by atoms with Gasteiger partial charge in [0.25, 0.3) is 0 Å². The van der Waals surface area contributed by atoms with E-state index in [9.17, 15) is 9.59 Å². The third-order valence-corrected chi connectivity index (χ3v) is 2.01. The van der Waals surface area contributed by atoms with Gasteiger partial charge in [-0.15, -0.1) is 6.58 Å². The quantitative estimate of drug-likeness (QED) is 0.412. The molecule has 0 amide bonds. The van der Waals surface area contributed by atoms with Gasteiger partial charge in [0.15, 0.2) is 5.78 Å². The minimum absolute atomic E-state index is 0.172. The predicted molar refractivity (Wildman–Crippen MR) is 55.1 cm³/mol. The van der Waals surface area contributed by atoms with Crippen LogP contribution in [0.1, 0.15) is 17.3 Å². The van der Waals surface area contributed by atoms with E-state index in [0.717, 1.165) is 0 Å². The summed E-state index contributed by atoms with van der Waals surface area (Å²) in [5.41, 5.74) is 0.549. The Morgan fingerprint density at radius 1 is 1.29 bits per heavy atom. The van der Waals surface area contributed by atoms with Crippen molar-refractivity contribution >= 4 is 11.6 Å². The standard InChI is InChI=1S/C12H12O2/c1-3-11(9(2)13)12(14)10-7-5-4-6-8-10/h3-8,11H,1H2,2H3. The van der Waals surface area contributed by atoms with E-state index >= 15 is 0 Å². The maximum Gasteiger partial charge on any atom is 0.177 e. The molecule has 2 nitrogen and oxygen atoms in total. The third-order valence-electron chi connectivity index (χ3n) is 2.01. The van der Waals surface area contributed by atoms with E-state index in [1.807, 2.05) is 6.07 Å². The first kappa shape index (κ1) is 10.4. The molecule has 72 valence electrons. The first-order valence-corrected chi connectivity index (χ1v) is 4.39. The Bertz CT molecular complexity index is 352. The largest absolute Gasteiger partial charge is 0.299 e. The summed E-state index contributed by atoms with van der Waals surface area (Å²) >= 11 is 0. The lowest BCUT2D eigenvalue weighted by atomic mass is 9.95. The lowest BCUT2D eigenvalue weighted by Crippen LogP contribution is -2.19. The summed E-state index contributed by atoms with van der Waals surface area (Å²) in [6.07, 6.45) is 1.39. The highest BCUT2D eigenvalue weighted by Crippen LogP contribution is 2.10. The van der Waals surface area contributed by atoms with Crippen molar-refractivity contribution in [3.8, 4) is 0 Å². The molecule has 0 radical (unpaired) electrons. The highest BCUT2D eigenvalue weighted by molar-refractivity contribution is 6.11. The summed E-state index contributed by atoms with van der Waals surface area (Å²) in [5.74, 6) is -1.07. The Labute approximate surface area is 83.3 Å². The average Bonchev–Trinajstić information content (AvgIpc) is 2.19. The molecule has 0 bridgehead atoms. The molecule has 0 aromatic heterocycles. The van der Waals surface area contributed by atoms with Gasteiger partial charge in [0, 0.05) is 5.56 Å². The lowest BCUT2D eigenvalue weighted by Gasteiger charge is -2.06. The van der Waals surface area contributed by atoms with Gasteiger partial charge < -0.3 is 0 Å². The van der Waals surface area contributed by atoms with Gasteiger partial charge in [0.05, 0.1) is 5.92 Å². The molecule has 0 saturated carbocycles. The van der Waals surface area contributed by atoms with Gasteiger partial charge >= 0.3 is 0 Å². The number of Topliss-reactive ketones (excluding diaryl/α,β-unsaturated/α-hetero) is 2. The van der Waals surface area contributed by atoms with Crippen LogP contribution in [-0.4, -0.2) is 11.6 Å². The lowest BCUT2D eigenvalue weighted by molar-refractivity contribution is -0.118. The molecule has 1 rings (SSSR count). The second kappa shape index (κ2) is 4.51. The molecule has 2 heteroatoms. The molecule has 0 aliphatic heterocycles. The summed E-state index contributed by atoms with van der Waals surface area (Å²) in [4.78, 5) is 22.8. The van der Waals surface area contributed by atoms with Crippen LogP contribution >= 0.6 is 0 Å². The summed E-state index contributed by atoms with van der Waals surface area (Å²) in [6, 6.07) is 8.76. The molecular weight excluding hydrogens is 176 g/mol. The highest BCUT2D eigenvalue weighted by atomic mass is 16.1. The minimum Gasteiger partial charge on any atom is -0.299 e. The Balaban J connectivity index is 2.95. The number of hydrogen-bond donors (Lipinski definition) is 0. The molecule has 0 fully saturated rings. The summed E-state index contributed by atoms with van der Waals surface area (Å²) in [7, 11) is 0. The van der Waals surface area contributed by atoms with E-state index in [0.29, 0.717) is 5.56 Å². The van der Waals surface area contributed by atoms with Crippen LogP contribution in [0, 0.1) is 5.92 Å². The van der Waals surface area contributed by atoms with E-state index in [2.05, 4.69) is 6.58 Å². The van der Waals surface area contributed by atoms with Crippen molar-refractivity contribution in [2.45, 2.75) is 6.92 Å². The number of benzene rings is 1. The van der Waals surface area contributed by atoms with E-state index in [4.69, 9.17) is 0 Å². The van der Waals surface area contributed by atoms with Crippen molar-refractivity contribution in [1.29, 1.82) is 0 Å². The molecule has 1 aromatic carbocycles. The topological polar surface area (TPSA) is 34.1 Å².